The molecule has 0 aliphatic carbocycles. The maximum Gasteiger partial charge on any atom is 0.0898 e. The van der Waals surface area contributed by atoms with Crippen molar-refractivity contribution in [2.45, 2.75) is 39.2 Å². The number of hydrogen-bond donors (Lipinski definition) is 1. The van der Waals surface area contributed by atoms with Gasteiger partial charge in [-0.05, 0) is 37.4 Å². The van der Waals surface area contributed by atoms with E-state index in [4.69, 9.17) is 0 Å². The zero-order valence-electron chi connectivity index (χ0n) is 12.1. The lowest BCUT2D eigenvalue weighted by Crippen LogP contribution is -2.19. The molecule has 1 aromatic heterocycles. The van der Waals surface area contributed by atoms with Crippen molar-refractivity contribution in [2.75, 3.05) is 7.05 Å². The van der Waals surface area contributed by atoms with Crippen LogP contribution in [0, 0.1) is 6.92 Å². The van der Waals surface area contributed by atoms with Gasteiger partial charge in [0.1, 0.15) is 0 Å². The Balaban J connectivity index is 2.10. The van der Waals surface area contributed by atoms with Gasteiger partial charge in [-0.25, -0.2) is 4.98 Å². The lowest BCUT2D eigenvalue weighted by Gasteiger charge is -2.14. The van der Waals surface area contributed by atoms with E-state index in [9.17, 15) is 0 Å². The molecule has 0 fully saturated rings. The molecule has 3 heteroatoms. The first-order valence-corrected chi connectivity index (χ1v) is 7.66. The molecule has 1 N–H and O–H groups in total. The normalized spacial score (nSPS) is 12.9. The van der Waals surface area contributed by atoms with Crippen LogP contribution in [0.15, 0.2) is 29.6 Å². The van der Waals surface area contributed by atoms with Gasteiger partial charge in [0, 0.05) is 5.38 Å². The lowest BCUT2D eigenvalue weighted by molar-refractivity contribution is 0.578. The summed E-state index contributed by atoms with van der Waals surface area (Å²) in [5, 5.41) is 6.64. The van der Waals surface area contributed by atoms with Gasteiger partial charge in [-0.2, -0.15) is 0 Å². The summed E-state index contributed by atoms with van der Waals surface area (Å²) in [7, 11) is 2.00. The molecule has 19 heavy (non-hydrogen) atoms. The fourth-order valence-corrected chi connectivity index (χ4v) is 2.84. The predicted molar refractivity (Wildman–Crippen MR) is 82.9 cm³/mol. The molecule has 102 valence electrons. The fourth-order valence-electron chi connectivity index (χ4n) is 2.17. The topological polar surface area (TPSA) is 24.9 Å². The summed E-state index contributed by atoms with van der Waals surface area (Å²) in [5.41, 5.74) is 3.90. The van der Waals surface area contributed by atoms with Crippen LogP contribution in [0.1, 0.15) is 47.6 Å². The molecule has 1 aromatic carbocycles. The highest BCUT2D eigenvalue weighted by Gasteiger charge is 2.13. The van der Waals surface area contributed by atoms with Crippen LogP contribution in [-0.4, -0.2) is 12.0 Å². The minimum absolute atomic E-state index is 0.301. The SMILES string of the molecule is CNC(Cc1ccc(C(C)C)cc1)c1csc(C)n1. The summed E-state index contributed by atoms with van der Waals surface area (Å²) in [6, 6.07) is 9.24. The van der Waals surface area contributed by atoms with Crippen molar-refractivity contribution in [2.24, 2.45) is 0 Å². The van der Waals surface area contributed by atoms with E-state index >= 15 is 0 Å². The van der Waals surface area contributed by atoms with Crippen LogP contribution in [-0.2, 0) is 6.42 Å². The first-order valence-electron chi connectivity index (χ1n) is 6.78. The quantitative estimate of drug-likeness (QED) is 0.888. The Morgan fingerprint density at radius 1 is 1.21 bits per heavy atom. The average molecular weight is 274 g/mol. The van der Waals surface area contributed by atoms with Gasteiger partial charge in [-0.3, -0.25) is 0 Å². The third kappa shape index (κ3) is 3.64. The molecule has 0 radical (unpaired) electrons. The van der Waals surface area contributed by atoms with E-state index in [0.29, 0.717) is 12.0 Å². The van der Waals surface area contributed by atoms with E-state index in [1.807, 2.05) is 7.05 Å². The summed E-state index contributed by atoms with van der Waals surface area (Å²) in [6.07, 6.45) is 0.984. The molecule has 0 saturated heterocycles. The summed E-state index contributed by atoms with van der Waals surface area (Å²) in [5.74, 6) is 0.593. The number of likely N-dealkylation sites (N-methyl/N-ethyl adjacent to an activating group) is 1. The largest absolute Gasteiger partial charge is 0.311 e. The number of rotatable bonds is 5. The first-order chi connectivity index (χ1) is 9.10. The molecule has 0 aliphatic rings. The van der Waals surface area contributed by atoms with Crippen LogP contribution in [0.5, 0.6) is 0 Å². The number of aryl methyl sites for hydroxylation is 1. The van der Waals surface area contributed by atoms with E-state index in [2.05, 4.69) is 60.7 Å². The molecule has 1 atom stereocenters. The number of nitrogens with zero attached hydrogens (tertiary/aromatic N) is 1. The lowest BCUT2D eigenvalue weighted by atomic mass is 9.98. The molecule has 0 aliphatic heterocycles. The highest BCUT2D eigenvalue weighted by Crippen LogP contribution is 2.21. The molecular formula is C16H22N2S. The molecule has 1 heterocycles. The second-order valence-corrected chi connectivity index (χ2v) is 6.30. The number of benzene rings is 1. The van der Waals surface area contributed by atoms with Crippen LogP contribution in [0.4, 0.5) is 0 Å². The van der Waals surface area contributed by atoms with Crippen LogP contribution in [0.2, 0.25) is 0 Å². The number of thiazole rings is 1. The zero-order chi connectivity index (χ0) is 13.8. The second-order valence-electron chi connectivity index (χ2n) is 5.23. The first kappa shape index (κ1) is 14.2. The minimum atomic E-state index is 0.301. The van der Waals surface area contributed by atoms with E-state index in [0.717, 1.165) is 17.1 Å². The van der Waals surface area contributed by atoms with Crippen LogP contribution in [0.25, 0.3) is 0 Å². The standard InChI is InChI=1S/C16H22N2S/c1-11(2)14-7-5-13(6-8-14)9-15(17-4)16-10-19-12(3)18-16/h5-8,10-11,15,17H,9H2,1-4H3. The number of nitrogens with one attached hydrogen (secondary N) is 1. The van der Waals surface area contributed by atoms with E-state index < -0.39 is 0 Å². The zero-order valence-corrected chi connectivity index (χ0v) is 12.9. The van der Waals surface area contributed by atoms with Crippen molar-refractivity contribution in [3.05, 3.63) is 51.5 Å². The van der Waals surface area contributed by atoms with E-state index in [1.165, 1.54) is 11.1 Å². The maximum atomic E-state index is 4.58. The molecule has 0 amide bonds. The van der Waals surface area contributed by atoms with E-state index in [-0.39, 0.29) is 0 Å². The summed E-state index contributed by atoms with van der Waals surface area (Å²) in [4.78, 5) is 4.58. The van der Waals surface area contributed by atoms with Gasteiger partial charge in [0.15, 0.2) is 0 Å². The van der Waals surface area contributed by atoms with Crippen LogP contribution in [0.3, 0.4) is 0 Å². The van der Waals surface area contributed by atoms with Crippen LogP contribution < -0.4 is 5.32 Å². The number of aromatic nitrogens is 1. The van der Waals surface area contributed by atoms with E-state index in [1.54, 1.807) is 11.3 Å². The van der Waals surface area contributed by atoms with Gasteiger partial charge in [0.25, 0.3) is 0 Å². The molecule has 1 unspecified atom stereocenters. The molecule has 2 rings (SSSR count). The van der Waals surface area contributed by atoms with Crippen molar-refractivity contribution >= 4 is 11.3 Å². The van der Waals surface area contributed by atoms with Gasteiger partial charge >= 0.3 is 0 Å². The summed E-state index contributed by atoms with van der Waals surface area (Å²) in [6.45, 7) is 6.51. The minimum Gasteiger partial charge on any atom is -0.311 e. The fraction of sp³-hybridized carbons (Fsp3) is 0.438. The Labute approximate surface area is 119 Å². The molecule has 0 saturated carbocycles. The Kier molecular flexibility index (Phi) is 4.72. The van der Waals surface area contributed by atoms with Gasteiger partial charge in [0.2, 0.25) is 0 Å². The molecule has 0 spiro atoms. The summed E-state index contributed by atoms with van der Waals surface area (Å²) < 4.78 is 0. The van der Waals surface area contributed by atoms with Gasteiger partial charge < -0.3 is 5.32 Å². The average Bonchev–Trinajstić information content (AvgIpc) is 2.83. The van der Waals surface area contributed by atoms with Crippen molar-refractivity contribution in [1.29, 1.82) is 0 Å². The summed E-state index contributed by atoms with van der Waals surface area (Å²) >= 11 is 1.71. The third-order valence-electron chi connectivity index (χ3n) is 3.43. The van der Waals surface area contributed by atoms with Crippen molar-refractivity contribution in [1.82, 2.24) is 10.3 Å². The highest BCUT2D eigenvalue weighted by atomic mass is 32.1. The highest BCUT2D eigenvalue weighted by molar-refractivity contribution is 7.09. The van der Waals surface area contributed by atoms with Gasteiger partial charge in [-0.1, -0.05) is 38.1 Å². The maximum absolute atomic E-state index is 4.58. The Morgan fingerprint density at radius 3 is 2.37 bits per heavy atom. The molecular weight excluding hydrogens is 252 g/mol. The van der Waals surface area contributed by atoms with Crippen molar-refractivity contribution < 1.29 is 0 Å². The Bertz CT molecular complexity index is 514. The smallest absolute Gasteiger partial charge is 0.0898 e. The van der Waals surface area contributed by atoms with Crippen molar-refractivity contribution in [3.8, 4) is 0 Å². The molecule has 2 nitrogen and oxygen atoms in total. The third-order valence-corrected chi connectivity index (χ3v) is 4.22. The molecule has 0 bridgehead atoms. The van der Waals surface area contributed by atoms with Gasteiger partial charge in [0.05, 0.1) is 16.7 Å². The second kappa shape index (κ2) is 6.31. The molecule has 2 aromatic rings. The van der Waals surface area contributed by atoms with Crippen LogP contribution >= 0.6 is 11.3 Å². The van der Waals surface area contributed by atoms with Gasteiger partial charge in [-0.15, -0.1) is 11.3 Å². The monoisotopic (exact) mass is 274 g/mol. The number of hydrogen-bond acceptors (Lipinski definition) is 3. The Hall–Kier alpha value is -1.19. The van der Waals surface area contributed by atoms with Crippen molar-refractivity contribution in [3.63, 3.8) is 0 Å². The predicted octanol–water partition coefficient (Wildman–Crippen LogP) is 4.08. The Morgan fingerprint density at radius 2 is 1.89 bits per heavy atom.